The number of para-hydroxylation sites is 1. The predicted molar refractivity (Wildman–Crippen MR) is 96.4 cm³/mol. The number of rotatable bonds is 4. The number of nitrogens with one attached hydrogen (secondary N) is 2. The van der Waals surface area contributed by atoms with Gasteiger partial charge in [0.15, 0.2) is 0 Å². The van der Waals surface area contributed by atoms with Crippen LogP contribution in [0.1, 0.15) is 35.2 Å². The van der Waals surface area contributed by atoms with Crippen molar-refractivity contribution in [3.63, 3.8) is 0 Å². The first-order valence-electron chi connectivity index (χ1n) is 8.82. The number of aromatic amines is 2. The van der Waals surface area contributed by atoms with Crippen LogP contribution in [0, 0.1) is 0 Å². The lowest BCUT2D eigenvalue weighted by atomic mass is 10.1. The van der Waals surface area contributed by atoms with E-state index in [9.17, 15) is 23.2 Å². The largest absolute Gasteiger partial charge is 0.327 e. The standard InChI is InChI=1S/C18H17F2N5O3/c19-14(20)9-25-15(22-11-5-2-1-4-10(11)16(25)26)13-6-3-7-24(13)17(27)12-8-21-18(28)23-12/h1-2,4-5,8,13-14H,3,6-7,9H2,(H2,21,23,28). The highest BCUT2D eigenvalue weighted by atomic mass is 19.3. The van der Waals surface area contributed by atoms with Crippen LogP contribution in [0.4, 0.5) is 8.78 Å². The summed E-state index contributed by atoms with van der Waals surface area (Å²) in [5, 5.41) is 0.248. The van der Waals surface area contributed by atoms with Crippen LogP contribution < -0.4 is 11.2 Å². The van der Waals surface area contributed by atoms with Crippen LogP contribution in [-0.4, -0.2) is 43.3 Å². The number of hydrogen-bond acceptors (Lipinski definition) is 4. The van der Waals surface area contributed by atoms with Crippen molar-refractivity contribution in [2.45, 2.75) is 31.9 Å². The first kappa shape index (κ1) is 18.1. The number of fused-ring (bicyclic) bond motifs is 1. The molecule has 4 rings (SSSR count). The number of carbonyl (C=O) groups excluding carboxylic acids is 1. The third kappa shape index (κ3) is 3.10. The zero-order valence-corrected chi connectivity index (χ0v) is 14.7. The second-order valence-electron chi connectivity index (χ2n) is 6.61. The fourth-order valence-electron chi connectivity index (χ4n) is 3.63. The van der Waals surface area contributed by atoms with Crippen LogP contribution >= 0.6 is 0 Å². The first-order chi connectivity index (χ1) is 13.5. The van der Waals surface area contributed by atoms with Gasteiger partial charge in [0, 0.05) is 12.7 Å². The molecule has 1 aliphatic heterocycles. The number of aromatic nitrogens is 4. The number of likely N-dealkylation sites (tertiary alicyclic amines) is 1. The minimum Gasteiger partial charge on any atom is -0.327 e. The Morgan fingerprint density at radius 1 is 1.29 bits per heavy atom. The van der Waals surface area contributed by atoms with Gasteiger partial charge in [-0.15, -0.1) is 0 Å². The Balaban J connectivity index is 1.83. The molecule has 10 heteroatoms. The van der Waals surface area contributed by atoms with Gasteiger partial charge in [0.25, 0.3) is 17.9 Å². The minimum absolute atomic E-state index is 0.0699. The average Bonchev–Trinajstić information content (AvgIpc) is 3.32. The van der Waals surface area contributed by atoms with E-state index in [0.29, 0.717) is 24.9 Å². The van der Waals surface area contributed by atoms with Gasteiger partial charge in [-0.2, -0.15) is 0 Å². The molecule has 146 valence electrons. The van der Waals surface area contributed by atoms with E-state index >= 15 is 0 Å². The van der Waals surface area contributed by atoms with Crippen LogP contribution in [0.3, 0.4) is 0 Å². The summed E-state index contributed by atoms with van der Waals surface area (Å²) < 4.78 is 27.3. The first-order valence-corrected chi connectivity index (χ1v) is 8.82. The van der Waals surface area contributed by atoms with Crippen molar-refractivity contribution in [2.75, 3.05) is 6.54 Å². The van der Waals surface area contributed by atoms with Gasteiger partial charge in [-0.3, -0.25) is 14.2 Å². The molecule has 3 aromatic rings. The Bertz CT molecular complexity index is 1150. The van der Waals surface area contributed by atoms with Gasteiger partial charge in [-0.1, -0.05) is 12.1 Å². The number of alkyl halides is 2. The van der Waals surface area contributed by atoms with E-state index in [0.717, 1.165) is 4.57 Å². The molecule has 0 radical (unpaired) electrons. The van der Waals surface area contributed by atoms with E-state index < -0.39 is 36.2 Å². The lowest BCUT2D eigenvalue weighted by molar-refractivity contribution is 0.0715. The normalized spacial score (nSPS) is 17.0. The molecule has 0 spiro atoms. The second kappa shape index (κ2) is 7.02. The number of halogens is 2. The predicted octanol–water partition coefficient (Wildman–Crippen LogP) is 1.66. The number of H-pyrrole nitrogens is 2. The quantitative estimate of drug-likeness (QED) is 0.708. The topological polar surface area (TPSA) is 104 Å². The fraction of sp³-hybridized carbons (Fsp3) is 0.333. The molecular formula is C18H17F2N5O3. The minimum atomic E-state index is -2.74. The third-order valence-corrected chi connectivity index (χ3v) is 4.85. The Morgan fingerprint density at radius 2 is 2.07 bits per heavy atom. The molecule has 1 aliphatic rings. The molecule has 1 fully saturated rings. The van der Waals surface area contributed by atoms with Crippen molar-refractivity contribution in [1.29, 1.82) is 0 Å². The van der Waals surface area contributed by atoms with Crippen LogP contribution in [0.5, 0.6) is 0 Å². The van der Waals surface area contributed by atoms with Gasteiger partial charge < -0.3 is 14.9 Å². The fourth-order valence-corrected chi connectivity index (χ4v) is 3.63. The number of carbonyl (C=O) groups is 1. The molecule has 2 aromatic heterocycles. The monoisotopic (exact) mass is 389 g/mol. The summed E-state index contributed by atoms with van der Waals surface area (Å²) in [6, 6.07) is 5.89. The summed E-state index contributed by atoms with van der Waals surface area (Å²) in [5.74, 6) is -0.320. The van der Waals surface area contributed by atoms with Crippen LogP contribution in [0.15, 0.2) is 40.1 Å². The van der Waals surface area contributed by atoms with Gasteiger partial charge in [0.05, 0.1) is 23.5 Å². The number of imidazole rings is 1. The van der Waals surface area contributed by atoms with E-state index in [1.54, 1.807) is 24.3 Å². The maximum atomic E-state index is 13.2. The van der Waals surface area contributed by atoms with Crippen LogP contribution in [0.2, 0.25) is 0 Å². The Kier molecular flexibility index (Phi) is 4.54. The summed E-state index contributed by atoms with van der Waals surface area (Å²) >= 11 is 0. The molecule has 1 unspecified atom stereocenters. The molecular weight excluding hydrogens is 372 g/mol. The molecule has 28 heavy (non-hydrogen) atoms. The van der Waals surface area contributed by atoms with Gasteiger partial charge in [0.2, 0.25) is 0 Å². The van der Waals surface area contributed by atoms with Crippen molar-refractivity contribution < 1.29 is 13.6 Å². The van der Waals surface area contributed by atoms with E-state index in [4.69, 9.17) is 0 Å². The summed E-state index contributed by atoms with van der Waals surface area (Å²) in [6.45, 7) is -0.431. The van der Waals surface area contributed by atoms with Crippen molar-refractivity contribution in [3.8, 4) is 0 Å². The van der Waals surface area contributed by atoms with E-state index in [2.05, 4.69) is 15.0 Å². The summed E-state index contributed by atoms with van der Waals surface area (Å²) in [7, 11) is 0. The maximum absolute atomic E-state index is 13.2. The molecule has 0 saturated carbocycles. The zero-order valence-electron chi connectivity index (χ0n) is 14.7. The summed E-state index contributed by atoms with van der Waals surface area (Å²) in [5.41, 5.74) is -0.615. The smallest absolute Gasteiger partial charge is 0.323 e. The van der Waals surface area contributed by atoms with Crippen molar-refractivity contribution in [3.05, 3.63) is 62.8 Å². The molecule has 0 aliphatic carbocycles. The van der Waals surface area contributed by atoms with Crippen molar-refractivity contribution in [1.82, 2.24) is 24.4 Å². The van der Waals surface area contributed by atoms with E-state index in [1.165, 1.54) is 11.1 Å². The van der Waals surface area contributed by atoms with Crippen LogP contribution in [-0.2, 0) is 6.54 Å². The Morgan fingerprint density at radius 3 is 2.79 bits per heavy atom. The summed E-state index contributed by atoms with van der Waals surface area (Å²) in [4.78, 5) is 47.6. The van der Waals surface area contributed by atoms with Gasteiger partial charge >= 0.3 is 5.69 Å². The Hall–Kier alpha value is -3.30. The van der Waals surface area contributed by atoms with Crippen molar-refractivity contribution in [2.24, 2.45) is 0 Å². The number of nitrogens with zero attached hydrogens (tertiary/aromatic N) is 3. The van der Waals surface area contributed by atoms with Gasteiger partial charge in [0.1, 0.15) is 11.5 Å². The average molecular weight is 389 g/mol. The highest BCUT2D eigenvalue weighted by molar-refractivity contribution is 5.92. The lowest BCUT2D eigenvalue weighted by Gasteiger charge is -2.26. The third-order valence-electron chi connectivity index (χ3n) is 4.85. The highest BCUT2D eigenvalue weighted by Crippen LogP contribution is 2.32. The van der Waals surface area contributed by atoms with Crippen LogP contribution in [0.25, 0.3) is 10.9 Å². The number of amides is 1. The van der Waals surface area contributed by atoms with Gasteiger partial charge in [-0.05, 0) is 25.0 Å². The number of benzene rings is 1. The molecule has 1 saturated heterocycles. The van der Waals surface area contributed by atoms with Gasteiger partial charge in [-0.25, -0.2) is 18.6 Å². The maximum Gasteiger partial charge on any atom is 0.323 e. The highest BCUT2D eigenvalue weighted by Gasteiger charge is 2.35. The van der Waals surface area contributed by atoms with E-state index in [-0.39, 0.29) is 16.9 Å². The molecule has 8 nitrogen and oxygen atoms in total. The van der Waals surface area contributed by atoms with E-state index in [1.807, 2.05) is 0 Å². The molecule has 1 amide bonds. The lowest BCUT2D eigenvalue weighted by Crippen LogP contribution is -2.36. The Labute approximate surface area is 156 Å². The second-order valence-corrected chi connectivity index (χ2v) is 6.61. The molecule has 1 aromatic carbocycles. The van der Waals surface area contributed by atoms with Crippen molar-refractivity contribution >= 4 is 16.8 Å². The molecule has 0 bridgehead atoms. The molecule has 2 N–H and O–H groups in total. The number of hydrogen-bond donors (Lipinski definition) is 2. The molecule has 1 atom stereocenters. The SMILES string of the molecule is O=C(c1c[nH]c(=O)[nH]1)N1CCCC1c1nc2ccccc2c(=O)n1CC(F)F. The zero-order chi connectivity index (χ0) is 19.8. The summed E-state index contributed by atoms with van der Waals surface area (Å²) in [6.07, 6.45) is -0.372. The molecule has 3 heterocycles.